The lowest BCUT2D eigenvalue weighted by molar-refractivity contribution is 0.0977. The summed E-state index contributed by atoms with van der Waals surface area (Å²) in [6, 6.07) is 18.6. The zero-order chi connectivity index (χ0) is 18.4. The van der Waals surface area contributed by atoms with Crippen LogP contribution in [0.1, 0.15) is 15.9 Å². The predicted octanol–water partition coefficient (Wildman–Crippen LogP) is 4.31. The van der Waals surface area contributed by atoms with Crippen LogP contribution in [0.4, 0.5) is 5.69 Å². The fourth-order valence-electron chi connectivity index (χ4n) is 2.30. The number of benzene rings is 2. The van der Waals surface area contributed by atoms with E-state index in [9.17, 15) is 4.79 Å². The molecular weight excluding hydrogens is 346 g/mol. The number of aryl methyl sites for hydroxylation is 1. The van der Waals surface area contributed by atoms with Gasteiger partial charge in [0.15, 0.2) is 5.11 Å². The highest BCUT2D eigenvalue weighted by atomic mass is 32.1. The molecule has 0 atom stereocenters. The SMILES string of the molecule is Cc1ccncc1C(=O)NC(=S)Nc1cccc(Oc2ccccc2)c1. The van der Waals surface area contributed by atoms with Crippen LogP contribution in [0, 0.1) is 6.92 Å². The van der Waals surface area contributed by atoms with E-state index in [4.69, 9.17) is 17.0 Å². The lowest BCUT2D eigenvalue weighted by atomic mass is 10.1. The van der Waals surface area contributed by atoms with Crippen molar-refractivity contribution in [1.82, 2.24) is 10.3 Å². The summed E-state index contributed by atoms with van der Waals surface area (Å²) in [4.78, 5) is 16.2. The monoisotopic (exact) mass is 363 g/mol. The number of hydrogen-bond acceptors (Lipinski definition) is 4. The van der Waals surface area contributed by atoms with Gasteiger partial charge in [-0.05, 0) is 55.0 Å². The van der Waals surface area contributed by atoms with Gasteiger partial charge in [-0.25, -0.2) is 0 Å². The van der Waals surface area contributed by atoms with Crippen molar-refractivity contribution in [1.29, 1.82) is 0 Å². The molecule has 130 valence electrons. The number of anilines is 1. The van der Waals surface area contributed by atoms with Gasteiger partial charge >= 0.3 is 0 Å². The fourth-order valence-corrected chi connectivity index (χ4v) is 2.51. The highest BCUT2D eigenvalue weighted by Crippen LogP contribution is 2.23. The van der Waals surface area contributed by atoms with Gasteiger partial charge in [0.2, 0.25) is 0 Å². The van der Waals surface area contributed by atoms with Gasteiger partial charge in [-0.1, -0.05) is 24.3 Å². The van der Waals surface area contributed by atoms with Gasteiger partial charge in [0, 0.05) is 24.1 Å². The zero-order valence-electron chi connectivity index (χ0n) is 14.1. The Morgan fingerprint density at radius 1 is 1.04 bits per heavy atom. The van der Waals surface area contributed by atoms with Gasteiger partial charge in [-0.3, -0.25) is 15.1 Å². The van der Waals surface area contributed by atoms with Crippen molar-refractivity contribution >= 4 is 28.9 Å². The Morgan fingerprint density at radius 2 is 1.81 bits per heavy atom. The van der Waals surface area contributed by atoms with Crippen molar-refractivity contribution in [3.63, 3.8) is 0 Å². The summed E-state index contributed by atoms with van der Waals surface area (Å²) in [5.74, 6) is 1.11. The number of carbonyl (C=O) groups is 1. The van der Waals surface area contributed by atoms with Crippen molar-refractivity contribution in [2.24, 2.45) is 0 Å². The third kappa shape index (κ3) is 4.64. The smallest absolute Gasteiger partial charge is 0.259 e. The van der Waals surface area contributed by atoms with Crippen LogP contribution in [-0.2, 0) is 0 Å². The van der Waals surface area contributed by atoms with Gasteiger partial charge in [0.25, 0.3) is 5.91 Å². The molecule has 3 aromatic rings. The third-order valence-corrected chi connectivity index (χ3v) is 3.79. The summed E-state index contributed by atoms with van der Waals surface area (Å²) in [6.07, 6.45) is 3.16. The standard InChI is InChI=1S/C20H17N3O2S/c1-14-10-11-21-13-18(14)19(24)23-20(26)22-15-6-5-9-17(12-15)25-16-7-3-2-4-8-16/h2-13H,1H3,(H2,22,23,24,26). The quantitative estimate of drug-likeness (QED) is 0.676. The summed E-state index contributed by atoms with van der Waals surface area (Å²) in [5, 5.41) is 5.85. The van der Waals surface area contributed by atoms with E-state index in [-0.39, 0.29) is 11.0 Å². The van der Waals surface area contributed by atoms with Crippen LogP contribution in [0.5, 0.6) is 11.5 Å². The van der Waals surface area contributed by atoms with E-state index in [0.717, 1.165) is 11.3 Å². The summed E-state index contributed by atoms with van der Waals surface area (Å²) >= 11 is 5.22. The first-order valence-corrected chi connectivity index (χ1v) is 8.38. The van der Waals surface area contributed by atoms with E-state index in [1.807, 2.05) is 55.5 Å². The number of ether oxygens (including phenoxy) is 1. The van der Waals surface area contributed by atoms with Crippen LogP contribution >= 0.6 is 12.2 Å². The van der Waals surface area contributed by atoms with Crippen molar-refractivity contribution in [2.75, 3.05) is 5.32 Å². The number of nitrogens with zero attached hydrogens (tertiary/aromatic N) is 1. The van der Waals surface area contributed by atoms with Crippen LogP contribution in [0.15, 0.2) is 73.1 Å². The number of pyridine rings is 1. The number of para-hydroxylation sites is 1. The van der Waals surface area contributed by atoms with E-state index in [1.54, 1.807) is 18.3 Å². The second kappa shape index (κ2) is 8.22. The molecule has 1 aromatic heterocycles. The molecule has 0 fully saturated rings. The van der Waals surface area contributed by atoms with Crippen LogP contribution in [-0.4, -0.2) is 16.0 Å². The molecule has 2 N–H and O–H groups in total. The van der Waals surface area contributed by atoms with Gasteiger partial charge < -0.3 is 10.1 Å². The van der Waals surface area contributed by atoms with Crippen LogP contribution in [0.2, 0.25) is 0 Å². The number of carbonyl (C=O) groups excluding carboxylic acids is 1. The second-order valence-electron chi connectivity index (χ2n) is 5.54. The molecule has 0 unspecified atom stereocenters. The van der Waals surface area contributed by atoms with Gasteiger partial charge in [0.1, 0.15) is 11.5 Å². The first-order valence-electron chi connectivity index (χ1n) is 7.98. The van der Waals surface area contributed by atoms with Crippen LogP contribution in [0.3, 0.4) is 0 Å². The zero-order valence-corrected chi connectivity index (χ0v) is 14.9. The number of hydrogen-bond donors (Lipinski definition) is 2. The molecule has 0 radical (unpaired) electrons. The van der Waals surface area contributed by atoms with E-state index in [0.29, 0.717) is 17.0 Å². The van der Waals surface area contributed by atoms with Crippen molar-refractivity contribution in [2.45, 2.75) is 6.92 Å². The molecule has 0 spiro atoms. The average Bonchev–Trinajstić information content (AvgIpc) is 2.63. The largest absolute Gasteiger partial charge is 0.457 e. The third-order valence-electron chi connectivity index (χ3n) is 3.58. The van der Waals surface area contributed by atoms with E-state index in [1.165, 1.54) is 6.20 Å². The Labute approximate surface area is 157 Å². The molecule has 1 amide bonds. The number of aromatic nitrogens is 1. The number of amides is 1. The van der Waals surface area contributed by atoms with Crippen molar-refractivity contribution in [3.8, 4) is 11.5 Å². The van der Waals surface area contributed by atoms with Crippen LogP contribution < -0.4 is 15.4 Å². The van der Waals surface area contributed by atoms with Gasteiger partial charge in [-0.2, -0.15) is 0 Å². The van der Waals surface area contributed by atoms with Crippen molar-refractivity contribution < 1.29 is 9.53 Å². The summed E-state index contributed by atoms with van der Waals surface area (Å²) in [7, 11) is 0. The topological polar surface area (TPSA) is 63.2 Å². The van der Waals surface area contributed by atoms with E-state index in [2.05, 4.69) is 15.6 Å². The molecular formula is C20H17N3O2S. The molecule has 3 rings (SSSR count). The molecule has 0 saturated heterocycles. The lowest BCUT2D eigenvalue weighted by Crippen LogP contribution is -2.34. The Balaban J connectivity index is 1.63. The molecule has 26 heavy (non-hydrogen) atoms. The maximum atomic E-state index is 12.3. The number of rotatable bonds is 4. The Morgan fingerprint density at radius 3 is 2.58 bits per heavy atom. The first kappa shape index (κ1) is 17.6. The maximum Gasteiger partial charge on any atom is 0.259 e. The first-order chi connectivity index (χ1) is 12.6. The number of nitrogens with one attached hydrogen (secondary N) is 2. The normalized spacial score (nSPS) is 10.0. The van der Waals surface area contributed by atoms with Gasteiger partial charge in [0.05, 0.1) is 5.56 Å². The molecule has 0 bridgehead atoms. The average molecular weight is 363 g/mol. The predicted molar refractivity (Wildman–Crippen MR) is 106 cm³/mol. The van der Waals surface area contributed by atoms with E-state index < -0.39 is 0 Å². The summed E-state index contributed by atoms with van der Waals surface area (Å²) in [6.45, 7) is 1.84. The lowest BCUT2D eigenvalue weighted by Gasteiger charge is -2.12. The molecule has 1 heterocycles. The molecule has 0 aliphatic carbocycles. The summed E-state index contributed by atoms with van der Waals surface area (Å²) < 4.78 is 5.79. The fraction of sp³-hybridized carbons (Fsp3) is 0.0500. The van der Waals surface area contributed by atoms with E-state index >= 15 is 0 Å². The van der Waals surface area contributed by atoms with Crippen molar-refractivity contribution in [3.05, 3.63) is 84.2 Å². The minimum atomic E-state index is -0.301. The Hall–Kier alpha value is -3.25. The minimum absolute atomic E-state index is 0.204. The molecule has 5 nitrogen and oxygen atoms in total. The minimum Gasteiger partial charge on any atom is -0.457 e. The van der Waals surface area contributed by atoms with Crippen LogP contribution in [0.25, 0.3) is 0 Å². The van der Waals surface area contributed by atoms with Gasteiger partial charge in [-0.15, -0.1) is 0 Å². The summed E-state index contributed by atoms with van der Waals surface area (Å²) in [5.41, 5.74) is 2.03. The second-order valence-corrected chi connectivity index (χ2v) is 5.95. The highest BCUT2D eigenvalue weighted by molar-refractivity contribution is 7.80. The molecule has 6 heteroatoms. The molecule has 0 saturated carbocycles. The molecule has 2 aromatic carbocycles. The maximum absolute atomic E-state index is 12.3. The number of thiocarbonyl (C=S) groups is 1. The highest BCUT2D eigenvalue weighted by Gasteiger charge is 2.11. The Kier molecular flexibility index (Phi) is 5.56. The Bertz CT molecular complexity index is 929. The molecule has 0 aliphatic rings. The molecule has 0 aliphatic heterocycles.